The minimum Gasteiger partial charge on any atom is -0.480 e. The van der Waals surface area contributed by atoms with Crippen LogP contribution < -0.4 is 16.2 Å². The largest absolute Gasteiger partial charge is 0.480 e. The second kappa shape index (κ2) is 7.36. The van der Waals surface area contributed by atoms with Gasteiger partial charge in [-0.15, -0.1) is 0 Å². The number of amides is 1. The first-order chi connectivity index (χ1) is 13.5. The van der Waals surface area contributed by atoms with E-state index in [1.807, 2.05) is 5.43 Å². The van der Waals surface area contributed by atoms with Gasteiger partial charge in [-0.25, -0.2) is 5.43 Å². The molecule has 2 unspecified atom stereocenters. The van der Waals surface area contributed by atoms with E-state index in [1.54, 1.807) is 0 Å². The van der Waals surface area contributed by atoms with Crippen LogP contribution in [0.3, 0.4) is 0 Å². The molecule has 0 saturated carbocycles. The van der Waals surface area contributed by atoms with E-state index < -0.39 is 74.7 Å². The standard InChI is InChI=1S/C15H10Cl2F6N4O3/c1-13(12(29)30)2-5(14(18,19)20)27(26-13)10-4(3-24)7(15(21,22)23)8(16)6(9(10)17)11(25)28/h5,26H,2H2,1H3,(H2,25,28)(H,29,30). The maximum absolute atomic E-state index is 13.6. The van der Waals surface area contributed by atoms with E-state index >= 15 is 0 Å². The summed E-state index contributed by atoms with van der Waals surface area (Å²) in [6.45, 7) is 0.851. The van der Waals surface area contributed by atoms with Crippen molar-refractivity contribution in [2.45, 2.75) is 37.3 Å². The summed E-state index contributed by atoms with van der Waals surface area (Å²) in [6, 6.07) is -1.63. The summed E-state index contributed by atoms with van der Waals surface area (Å²) >= 11 is 11.5. The number of alkyl halides is 6. The number of benzene rings is 1. The summed E-state index contributed by atoms with van der Waals surface area (Å²) in [5, 5.41) is 16.1. The number of anilines is 1. The molecule has 7 nitrogen and oxygen atoms in total. The van der Waals surface area contributed by atoms with E-state index in [0.29, 0.717) is 0 Å². The number of aliphatic carboxylic acids is 1. The lowest BCUT2D eigenvalue weighted by atomic mass is 9.95. The predicted molar refractivity (Wildman–Crippen MR) is 90.8 cm³/mol. The van der Waals surface area contributed by atoms with Crippen molar-refractivity contribution in [1.82, 2.24) is 5.43 Å². The molecule has 1 aliphatic heterocycles. The first-order valence-corrected chi connectivity index (χ1v) is 8.42. The van der Waals surface area contributed by atoms with Crippen LogP contribution in [0.1, 0.15) is 34.8 Å². The Morgan fingerprint density at radius 1 is 1.27 bits per heavy atom. The van der Waals surface area contributed by atoms with Gasteiger partial charge in [0.1, 0.15) is 17.6 Å². The Kier molecular flexibility index (Phi) is 5.85. The van der Waals surface area contributed by atoms with Gasteiger partial charge in [0.05, 0.1) is 32.4 Å². The van der Waals surface area contributed by atoms with Gasteiger partial charge in [-0.2, -0.15) is 31.6 Å². The summed E-state index contributed by atoms with van der Waals surface area (Å²) in [6.07, 6.45) is -11.7. The average molecular weight is 479 g/mol. The smallest absolute Gasteiger partial charge is 0.419 e. The Labute approximate surface area is 173 Å². The molecule has 1 aliphatic rings. The van der Waals surface area contributed by atoms with Crippen LogP contribution in [0.4, 0.5) is 32.0 Å². The maximum atomic E-state index is 13.6. The van der Waals surface area contributed by atoms with Crippen LogP contribution in [0.2, 0.25) is 10.0 Å². The number of halogens is 8. The molecule has 1 heterocycles. The SMILES string of the molecule is CC1(C(=O)O)CC(C(F)(F)F)N(c2c(Cl)c(C(N)=O)c(Cl)c(C(F)(F)F)c2C#N)N1. The summed E-state index contributed by atoms with van der Waals surface area (Å²) in [7, 11) is 0. The zero-order chi connectivity index (χ0) is 23.4. The van der Waals surface area contributed by atoms with Crippen LogP contribution in [-0.4, -0.2) is 34.7 Å². The molecule has 1 aromatic rings. The highest BCUT2D eigenvalue weighted by atomic mass is 35.5. The van der Waals surface area contributed by atoms with Gasteiger partial charge in [-0.1, -0.05) is 23.2 Å². The molecule has 2 atom stereocenters. The molecule has 30 heavy (non-hydrogen) atoms. The number of primary amides is 1. The average Bonchev–Trinajstić information content (AvgIpc) is 2.91. The number of carboxylic acids is 1. The summed E-state index contributed by atoms with van der Waals surface area (Å²) in [5.74, 6) is -3.36. The molecule has 0 aliphatic carbocycles. The van der Waals surface area contributed by atoms with Gasteiger partial charge in [-0.3, -0.25) is 14.6 Å². The summed E-state index contributed by atoms with van der Waals surface area (Å²) in [4.78, 5) is 23.1. The molecule has 1 saturated heterocycles. The molecule has 1 amide bonds. The first kappa shape index (κ1) is 23.8. The number of carbonyl (C=O) groups excluding carboxylic acids is 1. The number of carboxylic acid groups (broad SMARTS) is 1. The highest BCUT2D eigenvalue weighted by Crippen LogP contribution is 2.49. The predicted octanol–water partition coefficient (Wildman–Crippen LogP) is 3.47. The zero-order valence-corrected chi connectivity index (χ0v) is 16.1. The van der Waals surface area contributed by atoms with E-state index in [1.165, 1.54) is 0 Å². The zero-order valence-electron chi connectivity index (χ0n) is 14.5. The Morgan fingerprint density at radius 3 is 2.17 bits per heavy atom. The van der Waals surface area contributed by atoms with Crippen molar-refractivity contribution in [2.75, 3.05) is 5.01 Å². The van der Waals surface area contributed by atoms with Gasteiger partial charge in [0.2, 0.25) is 0 Å². The van der Waals surface area contributed by atoms with Crippen LogP contribution >= 0.6 is 23.2 Å². The second-order valence-corrected chi connectivity index (χ2v) is 7.21. The quantitative estimate of drug-likeness (QED) is 0.572. The first-order valence-electron chi connectivity index (χ1n) is 7.66. The van der Waals surface area contributed by atoms with Crippen molar-refractivity contribution in [3.63, 3.8) is 0 Å². The number of nitriles is 1. The molecule has 0 spiro atoms. The number of hydrogen-bond donors (Lipinski definition) is 3. The third-order valence-electron chi connectivity index (χ3n) is 4.37. The molecule has 15 heteroatoms. The third-order valence-corrected chi connectivity index (χ3v) is 5.11. The Hall–Kier alpha value is -2.43. The lowest BCUT2D eigenvalue weighted by Gasteiger charge is -2.31. The van der Waals surface area contributed by atoms with Gasteiger partial charge in [0, 0.05) is 6.42 Å². The van der Waals surface area contributed by atoms with Crippen molar-refractivity contribution in [3.8, 4) is 6.07 Å². The number of nitrogens with one attached hydrogen (secondary N) is 1. The normalized spacial score (nSPS) is 22.1. The van der Waals surface area contributed by atoms with Gasteiger partial charge in [-0.05, 0) is 6.92 Å². The third kappa shape index (κ3) is 3.82. The molecular formula is C15H10Cl2F6N4O3. The Bertz CT molecular complexity index is 975. The van der Waals surface area contributed by atoms with Crippen molar-refractivity contribution in [3.05, 3.63) is 26.7 Å². The Balaban J connectivity index is 2.98. The van der Waals surface area contributed by atoms with Crippen molar-refractivity contribution < 1.29 is 41.0 Å². The summed E-state index contributed by atoms with van der Waals surface area (Å²) < 4.78 is 81.5. The van der Waals surface area contributed by atoms with Crippen LogP contribution in [0.5, 0.6) is 0 Å². The molecule has 1 aromatic carbocycles. The number of nitrogens with two attached hydrogens (primary N) is 1. The van der Waals surface area contributed by atoms with Crippen LogP contribution in [0, 0.1) is 11.3 Å². The molecule has 0 aromatic heterocycles. The fraction of sp³-hybridized carbons (Fsp3) is 0.400. The van der Waals surface area contributed by atoms with Gasteiger partial charge < -0.3 is 10.8 Å². The van der Waals surface area contributed by atoms with E-state index in [-0.39, 0.29) is 5.01 Å². The highest BCUT2D eigenvalue weighted by molar-refractivity contribution is 6.42. The van der Waals surface area contributed by atoms with Gasteiger partial charge >= 0.3 is 18.3 Å². The topological polar surface area (TPSA) is 119 Å². The molecule has 2 rings (SSSR count). The number of rotatable bonds is 3. The maximum Gasteiger partial charge on any atom is 0.419 e. The van der Waals surface area contributed by atoms with Crippen molar-refractivity contribution in [2.24, 2.45) is 5.73 Å². The molecular weight excluding hydrogens is 469 g/mol. The summed E-state index contributed by atoms with van der Waals surface area (Å²) in [5.41, 5.74) is -1.14. The molecule has 0 bridgehead atoms. The lowest BCUT2D eigenvalue weighted by molar-refractivity contribution is -0.150. The van der Waals surface area contributed by atoms with E-state index in [9.17, 15) is 46.3 Å². The van der Waals surface area contributed by atoms with Crippen LogP contribution in [0.25, 0.3) is 0 Å². The number of hydrazine groups is 1. The minimum absolute atomic E-state index is 0.0208. The monoisotopic (exact) mass is 478 g/mol. The fourth-order valence-corrected chi connectivity index (χ4v) is 3.78. The molecule has 4 N–H and O–H groups in total. The molecule has 0 radical (unpaired) electrons. The number of nitrogens with zero attached hydrogens (tertiary/aromatic N) is 2. The van der Waals surface area contributed by atoms with E-state index in [2.05, 4.69) is 0 Å². The number of carbonyl (C=O) groups is 2. The highest BCUT2D eigenvalue weighted by Gasteiger charge is 2.58. The fourth-order valence-electron chi connectivity index (χ4n) is 2.97. The van der Waals surface area contributed by atoms with Crippen molar-refractivity contribution in [1.29, 1.82) is 5.26 Å². The van der Waals surface area contributed by atoms with Crippen LogP contribution in [-0.2, 0) is 11.0 Å². The van der Waals surface area contributed by atoms with Gasteiger partial charge in [0.25, 0.3) is 5.91 Å². The van der Waals surface area contributed by atoms with Gasteiger partial charge in [0.15, 0.2) is 0 Å². The van der Waals surface area contributed by atoms with Crippen LogP contribution in [0.15, 0.2) is 0 Å². The van der Waals surface area contributed by atoms with Crippen molar-refractivity contribution >= 4 is 40.8 Å². The molecule has 1 fully saturated rings. The minimum atomic E-state index is -5.39. The second-order valence-electron chi connectivity index (χ2n) is 6.46. The lowest BCUT2D eigenvalue weighted by Crippen LogP contribution is -2.51. The van der Waals surface area contributed by atoms with E-state index in [4.69, 9.17) is 28.9 Å². The molecule has 164 valence electrons. The van der Waals surface area contributed by atoms with E-state index in [0.717, 1.165) is 13.0 Å². The Morgan fingerprint density at radius 2 is 1.80 bits per heavy atom. The number of hydrogen-bond acceptors (Lipinski definition) is 5.